The second-order valence-electron chi connectivity index (χ2n) is 9.62. The maximum Gasteiger partial charge on any atom is 0.192 e. The first-order valence-electron chi connectivity index (χ1n) is 10.2. The van der Waals surface area contributed by atoms with Crippen LogP contribution >= 0.6 is 0 Å². The maximum atomic E-state index is 13.0. The first-order valence-corrected chi connectivity index (χ1v) is 13.1. The lowest BCUT2D eigenvalue weighted by molar-refractivity contribution is 0.0521. The van der Waals surface area contributed by atoms with Gasteiger partial charge in [0.2, 0.25) is 0 Å². The molecule has 2 aromatic carbocycles. The van der Waals surface area contributed by atoms with Gasteiger partial charge in [-0.2, -0.15) is 0 Å². The SMILES string of the molecule is COCOc1cc(C)cc2c(O)c3c(c(O)c12)C(=O)C[C@@H](O[Si](C)(C)C(C)(C)C)C3. The highest BCUT2D eigenvalue weighted by Gasteiger charge is 2.42. The van der Waals surface area contributed by atoms with E-state index in [2.05, 4.69) is 33.9 Å². The van der Waals surface area contributed by atoms with Gasteiger partial charge in [0.15, 0.2) is 20.9 Å². The van der Waals surface area contributed by atoms with Crippen molar-refractivity contribution in [1.82, 2.24) is 0 Å². The fraction of sp³-hybridized carbons (Fsp3) is 0.522. The summed E-state index contributed by atoms with van der Waals surface area (Å²) in [5, 5.41) is 22.9. The van der Waals surface area contributed by atoms with Crippen molar-refractivity contribution in [2.75, 3.05) is 13.9 Å². The molecular formula is C23H32O6Si. The quantitative estimate of drug-likeness (QED) is 0.390. The monoisotopic (exact) mass is 432 g/mol. The molecule has 0 bridgehead atoms. The second kappa shape index (κ2) is 7.87. The molecule has 0 spiro atoms. The number of carbonyl (C=O) groups is 1. The van der Waals surface area contributed by atoms with E-state index in [1.807, 2.05) is 6.92 Å². The van der Waals surface area contributed by atoms with E-state index in [9.17, 15) is 15.0 Å². The van der Waals surface area contributed by atoms with Gasteiger partial charge in [0, 0.05) is 30.9 Å². The first-order chi connectivity index (χ1) is 13.9. The molecule has 0 saturated carbocycles. The van der Waals surface area contributed by atoms with Crippen LogP contribution in [0.3, 0.4) is 0 Å². The summed E-state index contributed by atoms with van der Waals surface area (Å²) in [6, 6.07) is 3.54. The molecule has 6 nitrogen and oxygen atoms in total. The Kier molecular flexibility index (Phi) is 5.92. The number of aryl methyl sites for hydroxylation is 1. The number of Topliss-reactive ketones (excluding diaryl/α,β-unsaturated/α-hetero) is 1. The molecule has 0 aliphatic heterocycles. The van der Waals surface area contributed by atoms with E-state index in [-0.39, 0.29) is 47.2 Å². The van der Waals surface area contributed by atoms with E-state index < -0.39 is 8.32 Å². The Morgan fingerprint density at radius 3 is 2.40 bits per heavy atom. The van der Waals surface area contributed by atoms with E-state index in [4.69, 9.17) is 13.9 Å². The summed E-state index contributed by atoms with van der Waals surface area (Å²) in [7, 11) is -0.588. The topological polar surface area (TPSA) is 85.2 Å². The molecule has 2 aromatic rings. The molecule has 164 valence electrons. The molecule has 30 heavy (non-hydrogen) atoms. The van der Waals surface area contributed by atoms with Crippen LogP contribution in [0.5, 0.6) is 17.2 Å². The Labute approximate surface area is 178 Å². The van der Waals surface area contributed by atoms with Gasteiger partial charge >= 0.3 is 0 Å². The van der Waals surface area contributed by atoms with Crippen molar-refractivity contribution in [3.63, 3.8) is 0 Å². The second-order valence-corrected chi connectivity index (χ2v) is 14.4. The van der Waals surface area contributed by atoms with Gasteiger partial charge < -0.3 is 24.1 Å². The van der Waals surface area contributed by atoms with E-state index in [0.29, 0.717) is 28.5 Å². The molecule has 0 amide bonds. The number of carbonyl (C=O) groups excluding carboxylic acids is 1. The van der Waals surface area contributed by atoms with Gasteiger partial charge in [0.25, 0.3) is 0 Å². The van der Waals surface area contributed by atoms with Crippen molar-refractivity contribution in [2.45, 2.75) is 64.8 Å². The summed E-state index contributed by atoms with van der Waals surface area (Å²) in [4.78, 5) is 13.0. The van der Waals surface area contributed by atoms with Crippen LogP contribution in [-0.2, 0) is 15.6 Å². The molecule has 0 heterocycles. The number of ether oxygens (including phenoxy) is 2. The van der Waals surface area contributed by atoms with Crippen LogP contribution < -0.4 is 4.74 Å². The molecule has 2 N–H and O–H groups in total. The van der Waals surface area contributed by atoms with Crippen LogP contribution in [0.2, 0.25) is 18.1 Å². The predicted octanol–water partition coefficient (Wildman–Crippen LogP) is 5.06. The van der Waals surface area contributed by atoms with Gasteiger partial charge in [-0.3, -0.25) is 4.79 Å². The normalized spacial score (nSPS) is 17.3. The Balaban J connectivity index is 2.12. The van der Waals surface area contributed by atoms with E-state index in [0.717, 1.165) is 5.56 Å². The number of phenols is 2. The van der Waals surface area contributed by atoms with Crippen LogP contribution in [0.15, 0.2) is 12.1 Å². The van der Waals surface area contributed by atoms with E-state index >= 15 is 0 Å². The average molecular weight is 433 g/mol. The number of benzene rings is 2. The lowest BCUT2D eigenvalue weighted by Crippen LogP contribution is -2.45. The lowest BCUT2D eigenvalue weighted by Gasteiger charge is -2.40. The Hall–Kier alpha value is -2.09. The minimum Gasteiger partial charge on any atom is -0.507 e. The molecule has 0 fully saturated rings. The fourth-order valence-electron chi connectivity index (χ4n) is 3.75. The molecule has 0 unspecified atom stereocenters. The predicted molar refractivity (Wildman–Crippen MR) is 119 cm³/mol. The van der Waals surface area contributed by atoms with E-state index in [1.54, 1.807) is 12.1 Å². The van der Waals surface area contributed by atoms with Gasteiger partial charge in [-0.1, -0.05) is 20.8 Å². The molecular weight excluding hydrogens is 400 g/mol. The highest BCUT2D eigenvalue weighted by molar-refractivity contribution is 6.74. The van der Waals surface area contributed by atoms with Crippen molar-refractivity contribution in [2.24, 2.45) is 0 Å². The van der Waals surface area contributed by atoms with Gasteiger partial charge in [-0.25, -0.2) is 0 Å². The third kappa shape index (κ3) is 3.94. The largest absolute Gasteiger partial charge is 0.507 e. The van der Waals surface area contributed by atoms with Crippen LogP contribution in [0.1, 0.15) is 48.7 Å². The first kappa shape index (κ1) is 22.6. The molecule has 1 aliphatic rings. The Morgan fingerprint density at radius 1 is 1.13 bits per heavy atom. The minimum absolute atomic E-state index is 0.000600. The lowest BCUT2D eigenvalue weighted by atomic mass is 9.84. The summed E-state index contributed by atoms with van der Waals surface area (Å²) in [6.07, 6.45) is 0.242. The standard InChI is InChI=1S/C23H32O6Si/c1-13-8-15-20(18(9-13)28-12-27-5)22(26)19-16(21(15)25)10-14(11-17(19)24)29-30(6,7)23(2,3)4/h8-9,14,25-26H,10-12H2,1-7H3/t14-/m0/s1. The van der Waals surface area contributed by atoms with E-state index in [1.165, 1.54) is 7.11 Å². The zero-order valence-electron chi connectivity index (χ0n) is 18.9. The summed E-state index contributed by atoms with van der Waals surface area (Å²) in [5.41, 5.74) is 1.48. The number of aromatic hydroxyl groups is 2. The highest BCUT2D eigenvalue weighted by atomic mass is 28.4. The number of methoxy groups -OCH3 is 1. The molecule has 1 atom stereocenters. The molecule has 0 aromatic heterocycles. The zero-order valence-corrected chi connectivity index (χ0v) is 19.9. The van der Waals surface area contributed by atoms with Crippen molar-refractivity contribution in [3.05, 3.63) is 28.8 Å². The summed E-state index contributed by atoms with van der Waals surface area (Å²) >= 11 is 0. The third-order valence-corrected chi connectivity index (χ3v) is 10.8. The van der Waals surface area contributed by atoms with Crippen LogP contribution in [0.4, 0.5) is 0 Å². The Morgan fingerprint density at radius 2 is 1.80 bits per heavy atom. The van der Waals surface area contributed by atoms with Crippen molar-refractivity contribution < 1.29 is 28.9 Å². The molecule has 3 rings (SSSR count). The number of phenolic OH excluding ortho intramolecular Hbond substituents is 2. The fourth-order valence-corrected chi connectivity index (χ4v) is 5.11. The van der Waals surface area contributed by atoms with Crippen LogP contribution in [0, 0.1) is 6.92 Å². The zero-order chi connectivity index (χ0) is 22.4. The number of rotatable bonds is 5. The Bertz CT molecular complexity index is 990. The van der Waals surface area contributed by atoms with Crippen LogP contribution in [-0.4, -0.2) is 44.3 Å². The van der Waals surface area contributed by atoms with Crippen molar-refractivity contribution >= 4 is 24.9 Å². The molecule has 0 radical (unpaired) electrons. The molecule has 7 heteroatoms. The third-order valence-electron chi connectivity index (χ3n) is 6.29. The molecule has 0 saturated heterocycles. The summed E-state index contributed by atoms with van der Waals surface area (Å²) < 4.78 is 17.1. The van der Waals surface area contributed by atoms with Gasteiger partial charge in [-0.05, 0) is 42.8 Å². The average Bonchev–Trinajstić information content (AvgIpc) is 2.62. The number of hydrogen-bond acceptors (Lipinski definition) is 6. The summed E-state index contributed by atoms with van der Waals surface area (Å²) in [5.74, 6) is -0.0110. The molecule has 1 aliphatic carbocycles. The smallest absolute Gasteiger partial charge is 0.192 e. The number of fused-ring (bicyclic) bond motifs is 2. The number of hydrogen-bond donors (Lipinski definition) is 2. The van der Waals surface area contributed by atoms with Gasteiger partial charge in [-0.15, -0.1) is 0 Å². The summed E-state index contributed by atoms with van der Waals surface area (Å²) in [6.45, 7) is 12.6. The minimum atomic E-state index is -2.09. The van der Waals surface area contributed by atoms with Gasteiger partial charge in [0.05, 0.1) is 17.1 Å². The van der Waals surface area contributed by atoms with Gasteiger partial charge in [0.1, 0.15) is 17.2 Å². The number of ketones is 1. The maximum absolute atomic E-state index is 13.0. The van der Waals surface area contributed by atoms with Crippen molar-refractivity contribution in [1.29, 1.82) is 0 Å². The van der Waals surface area contributed by atoms with Crippen LogP contribution in [0.25, 0.3) is 10.8 Å². The highest BCUT2D eigenvalue weighted by Crippen LogP contribution is 2.48. The van der Waals surface area contributed by atoms with Crippen molar-refractivity contribution in [3.8, 4) is 17.2 Å².